The fourth-order valence-electron chi connectivity index (χ4n) is 1.69. The molecule has 106 valence electrons. The largest absolute Gasteiger partial charge is 0.491 e. The molecule has 5 heteroatoms. The number of ether oxygens (including phenoxy) is 1. The van der Waals surface area contributed by atoms with Crippen LogP contribution in [0, 0.1) is 11.6 Å². The minimum absolute atomic E-state index is 0.454. The normalized spacial score (nSPS) is 10.3. The van der Waals surface area contributed by atoms with Crippen LogP contribution >= 0.6 is 0 Å². The van der Waals surface area contributed by atoms with Crippen LogP contribution in [0.15, 0.2) is 36.4 Å². The Balaban J connectivity index is 2.18. The zero-order valence-electron chi connectivity index (χ0n) is 11.1. The van der Waals surface area contributed by atoms with Crippen molar-refractivity contribution in [2.45, 2.75) is 13.3 Å². The number of hydrogen-bond donors (Lipinski definition) is 2. The third-order valence-corrected chi connectivity index (χ3v) is 2.68. The van der Waals surface area contributed by atoms with Gasteiger partial charge in [-0.3, -0.25) is 0 Å². The number of hydrogen-bond acceptors (Lipinski definition) is 3. The summed E-state index contributed by atoms with van der Waals surface area (Å²) in [6.45, 7) is 2.57. The van der Waals surface area contributed by atoms with Crippen LogP contribution in [-0.2, 0) is 0 Å². The van der Waals surface area contributed by atoms with Crippen LogP contribution in [0.25, 0.3) is 0 Å². The summed E-state index contributed by atoms with van der Waals surface area (Å²) in [5.41, 5.74) is 7.49. The fourth-order valence-corrected chi connectivity index (χ4v) is 1.69. The summed E-state index contributed by atoms with van der Waals surface area (Å²) in [5.74, 6) is -1.20. The predicted molar refractivity (Wildman–Crippen MR) is 76.3 cm³/mol. The monoisotopic (exact) mass is 278 g/mol. The molecule has 0 atom stereocenters. The van der Waals surface area contributed by atoms with Gasteiger partial charge in [-0.1, -0.05) is 6.92 Å². The van der Waals surface area contributed by atoms with Gasteiger partial charge in [0.2, 0.25) is 0 Å². The van der Waals surface area contributed by atoms with Crippen molar-refractivity contribution in [3.63, 3.8) is 0 Å². The maximum absolute atomic E-state index is 13.1. The third kappa shape index (κ3) is 3.38. The minimum atomic E-state index is -0.895. The molecule has 0 radical (unpaired) electrons. The van der Waals surface area contributed by atoms with E-state index in [0.29, 0.717) is 29.4 Å². The van der Waals surface area contributed by atoms with Crippen LogP contribution in [0.4, 0.5) is 25.8 Å². The smallest absolute Gasteiger partial charge is 0.160 e. The number of halogens is 2. The summed E-state index contributed by atoms with van der Waals surface area (Å²) in [4.78, 5) is 0. The Morgan fingerprint density at radius 3 is 2.45 bits per heavy atom. The lowest BCUT2D eigenvalue weighted by Gasteiger charge is -2.12. The highest BCUT2D eigenvalue weighted by Crippen LogP contribution is 2.28. The van der Waals surface area contributed by atoms with Gasteiger partial charge in [0, 0.05) is 23.5 Å². The topological polar surface area (TPSA) is 47.3 Å². The van der Waals surface area contributed by atoms with Crippen molar-refractivity contribution in [2.75, 3.05) is 17.7 Å². The number of rotatable bonds is 5. The molecule has 2 aromatic carbocycles. The summed E-state index contributed by atoms with van der Waals surface area (Å²) in [6.07, 6.45) is 0.875. The van der Waals surface area contributed by atoms with Crippen molar-refractivity contribution in [3.05, 3.63) is 48.0 Å². The van der Waals surface area contributed by atoms with Gasteiger partial charge in [0.05, 0.1) is 12.3 Å². The van der Waals surface area contributed by atoms with Gasteiger partial charge in [-0.25, -0.2) is 8.78 Å². The van der Waals surface area contributed by atoms with E-state index < -0.39 is 11.6 Å². The molecule has 20 heavy (non-hydrogen) atoms. The molecule has 3 nitrogen and oxygen atoms in total. The first kappa shape index (κ1) is 14.1. The van der Waals surface area contributed by atoms with E-state index in [1.807, 2.05) is 6.92 Å². The Hall–Kier alpha value is -2.30. The van der Waals surface area contributed by atoms with Gasteiger partial charge in [0.1, 0.15) is 5.75 Å². The number of benzene rings is 2. The predicted octanol–water partition coefficient (Wildman–Crippen LogP) is 4.08. The van der Waals surface area contributed by atoms with E-state index in [9.17, 15) is 8.78 Å². The van der Waals surface area contributed by atoms with Gasteiger partial charge in [-0.15, -0.1) is 0 Å². The van der Waals surface area contributed by atoms with E-state index in [4.69, 9.17) is 10.5 Å². The highest BCUT2D eigenvalue weighted by molar-refractivity contribution is 5.66. The van der Waals surface area contributed by atoms with Crippen LogP contribution in [0.5, 0.6) is 5.75 Å². The highest BCUT2D eigenvalue weighted by atomic mass is 19.2. The Kier molecular flexibility index (Phi) is 4.40. The molecule has 0 bridgehead atoms. The average Bonchev–Trinajstić information content (AvgIpc) is 2.43. The van der Waals surface area contributed by atoms with Crippen molar-refractivity contribution in [2.24, 2.45) is 0 Å². The average molecular weight is 278 g/mol. The summed E-state index contributed by atoms with van der Waals surface area (Å²) >= 11 is 0. The van der Waals surface area contributed by atoms with Crippen molar-refractivity contribution < 1.29 is 13.5 Å². The summed E-state index contributed by atoms with van der Waals surface area (Å²) in [5, 5.41) is 2.97. The van der Waals surface area contributed by atoms with Crippen molar-refractivity contribution >= 4 is 17.1 Å². The second-order valence-corrected chi connectivity index (χ2v) is 4.35. The number of nitrogens with one attached hydrogen (secondary N) is 1. The summed E-state index contributed by atoms with van der Waals surface area (Å²) in [6, 6.07) is 8.80. The Labute approximate surface area is 116 Å². The molecule has 0 fully saturated rings. The van der Waals surface area contributed by atoms with Gasteiger partial charge in [-0.05, 0) is 30.7 Å². The maximum Gasteiger partial charge on any atom is 0.160 e. The van der Waals surface area contributed by atoms with Gasteiger partial charge >= 0.3 is 0 Å². The summed E-state index contributed by atoms with van der Waals surface area (Å²) in [7, 11) is 0. The molecular formula is C15H16F2N2O. The molecule has 0 amide bonds. The Morgan fingerprint density at radius 2 is 1.75 bits per heavy atom. The minimum Gasteiger partial charge on any atom is -0.491 e. The molecule has 0 aliphatic carbocycles. The van der Waals surface area contributed by atoms with Gasteiger partial charge in [0.15, 0.2) is 11.6 Å². The molecule has 0 saturated carbocycles. The van der Waals surface area contributed by atoms with E-state index in [1.165, 1.54) is 6.07 Å². The van der Waals surface area contributed by atoms with E-state index >= 15 is 0 Å². The van der Waals surface area contributed by atoms with Crippen LogP contribution in [0.2, 0.25) is 0 Å². The SMILES string of the molecule is CCCOc1cc(Nc2ccc(F)c(F)c2)ccc1N. The molecule has 0 spiro atoms. The molecule has 2 aromatic rings. The standard InChI is InChI=1S/C15H16F2N2O/c1-2-7-20-15-9-11(4-6-14(15)18)19-10-3-5-12(16)13(17)8-10/h3-6,8-9,19H,2,7,18H2,1H3. The van der Waals surface area contributed by atoms with E-state index in [2.05, 4.69) is 5.32 Å². The second-order valence-electron chi connectivity index (χ2n) is 4.35. The van der Waals surface area contributed by atoms with Gasteiger partial charge in [-0.2, -0.15) is 0 Å². The van der Waals surface area contributed by atoms with E-state index in [0.717, 1.165) is 18.6 Å². The number of nitrogens with two attached hydrogens (primary N) is 1. The van der Waals surface area contributed by atoms with Crippen molar-refractivity contribution in [1.82, 2.24) is 0 Å². The van der Waals surface area contributed by atoms with Crippen molar-refractivity contribution in [3.8, 4) is 5.75 Å². The van der Waals surface area contributed by atoms with E-state index in [1.54, 1.807) is 18.2 Å². The van der Waals surface area contributed by atoms with Crippen molar-refractivity contribution in [1.29, 1.82) is 0 Å². The molecule has 2 rings (SSSR count). The third-order valence-electron chi connectivity index (χ3n) is 2.68. The molecule has 0 unspecified atom stereocenters. The first-order chi connectivity index (χ1) is 9.60. The lowest BCUT2D eigenvalue weighted by Crippen LogP contribution is -2.00. The van der Waals surface area contributed by atoms with Crippen LogP contribution in [0.1, 0.15) is 13.3 Å². The second kappa shape index (κ2) is 6.23. The highest BCUT2D eigenvalue weighted by Gasteiger charge is 2.05. The zero-order valence-corrected chi connectivity index (χ0v) is 11.1. The number of anilines is 3. The number of nitrogen functional groups attached to an aromatic ring is 1. The first-order valence-electron chi connectivity index (χ1n) is 6.34. The van der Waals surface area contributed by atoms with Crippen LogP contribution in [0.3, 0.4) is 0 Å². The zero-order chi connectivity index (χ0) is 14.5. The summed E-state index contributed by atoms with van der Waals surface area (Å²) < 4.78 is 31.5. The molecule has 3 N–H and O–H groups in total. The molecule has 0 aliphatic heterocycles. The fraction of sp³-hybridized carbons (Fsp3) is 0.200. The molecular weight excluding hydrogens is 262 g/mol. The quantitative estimate of drug-likeness (QED) is 0.810. The lowest BCUT2D eigenvalue weighted by atomic mass is 10.2. The lowest BCUT2D eigenvalue weighted by molar-refractivity contribution is 0.319. The molecule has 0 heterocycles. The van der Waals surface area contributed by atoms with Gasteiger partial charge in [0.25, 0.3) is 0 Å². The Morgan fingerprint density at radius 1 is 1.05 bits per heavy atom. The molecule has 0 saturated heterocycles. The van der Waals surface area contributed by atoms with Crippen LogP contribution < -0.4 is 15.8 Å². The first-order valence-corrected chi connectivity index (χ1v) is 6.34. The van der Waals surface area contributed by atoms with Gasteiger partial charge < -0.3 is 15.8 Å². The van der Waals surface area contributed by atoms with E-state index in [-0.39, 0.29) is 0 Å². The maximum atomic E-state index is 13.1. The van der Waals surface area contributed by atoms with Crippen LogP contribution in [-0.4, -0.2) is 6.61 Å². The molecule has 0 aliphatic rings. The Bertz CT molecular complexity index is 602. The molecule has 0 aromatic heterocycles.